The van der Waals surface area contributed by atoms with Gasteiger partial charge in [0, 0.05) is 16.6 Å². The first-order chi connectivity index (χ1) is 8.97. The minimum absolute atomic E-state index is 0.0377. The van der Waals surface area contributed by atoms with E-state index in [0.29, 0.717) is 21.4 Å². The fraction of sp³-hybridized carbons (Fsp3) is 0.167. The number of benzene rings is 1. The number of anilines is 1. The van der Waals surface area contributed by atoms with Gasteiger partial charge in [0.2, 0.25) is 0 Å². The lowest BCUT2D eigenvalue weighted by atomic mass is 10.3. The van der Waals surface area contributed by atoms with E-state index in [0.717, 1.165) is 4.74 Å². The second kappa shape index (κ2) is 5.54. The van der Waals surface area contributed by atoms with Crippen molar-refractivity contribution in [3.8, 4) is 0 Å². The van der Waals surface area contributed by atoms with Gasteiger partial charge in [0.15, 0.2) is 0 Å². The zero-order valence-electron chi connectivity index (χ0n) is 10.1. The van der Waals surface area contributed by atoms with Crippen molar-refractivity contribution >= 4 is 35.0 Å². The van der Waals surface area contributed by atoms with Crippen LogP contribution in [-0.2, 0) is 0 Å². The molecule has 0 unspecified atom stereocenters. The summed E-state index contributed by atoms with van der Waals surface area (Å²) in [5, 5.41) is 0.509. The number of rotatable bonds is 3. The average Bonchev–Trinajstić information content (AvgIpc) is 2.69. The van der Waals surface area contributed by atoms with Crippen LogP contribution in [0.2, 0.25) is 5.02 Å². The molecule has 7 heteroatoms. The van der Waals surface area contributed by atoms with Crippen LogP contribution in [0.3, 0.4) is 0 Å². The fourth-order valence-electron chi connectivity index (χ4n) is 1.45. The summed E-state index contributed by atoms with van der Waals surface area (Å²) >= 11 is 7.18. The molecule has 0 aliphatic heterocycles. The summed E-state index contributed by atoms with van der Waals surface area (Å²) in [6.45, 7) is 1.60. The molecule has 0 aliphatic carbocycles. The monoisotopic (exact) mass is 298 g/mol. The molecule has 100 valence electrons. The summed E-state index contributed by atoms with van der Waals surface area (Å²) in [5.41, 5.74) is 5.73. The molecule has 19 heavy (non-hydrogen) atoms. The third-order valence-electron chi connectivity index (χ3n) is 2.30. The Balaban J connectivity index is 2.10. The normalized spacial score (nSPS) is 10.6. The average molecular weight is 299 g/mol. The van der Waals surface area contributed by atoms with Gasteiger partial charge in [-0.2, -0.15) is 0 Å². The van der Waals surface area contributed by atoms with Crippen molar-refractivity contribution in [3.05, 3.63) is 45.4 Å². The Morgan fingerprint density at radius 3 is 2.84 bits per heavy atom. The van der Waals surface area contributed by atoms with E-state index in [4.69, 9.17) is 21.9 Å². The number of halogens is 1. The van der Waals surface area contributed by atoms with Crippen LogP contribution in [0.1, 0.15) is 10.6 Å². The van der Waals surface area contributed by atoms with Crippen LogP contribution in [0, 0.1) is 6.92 Å². The summed E-state index contributed by atoms with van der Waals surface area (Å²) in [6, 6.07) is 6.27. The van der Waals surface area contributed by atoms with Crippen molar-refractivity contribution in [1.82, 2.24) is 4.74 Å². The van der Waals surface area contributed by atoms with E-state index in [2.05, 4.69) is 0 Å². The zero-order chi connectivity index (χ0) is 14.0. The smallest absolute Gasteiger partial charge is 0.290 e. The maximum Gasteiger partial charge on any atom is 0.290 e. The van der Waals surface area contributed by atoms with Crippen LogP contribution in [0.15, 0.2) is 38.5 Å². The molecular formula is C12H11ClN2O3S. The van der Waals surface area contributed by atoms with Crippen molar-refractivity contribution in [2.45, 2.75) is 11.8 Å². The van der Waals surface area contributed by atoms with Crippen molar-refractivity contribution in [2.75, 3.05) is 11.5 Å². The molecule has 1 aromatic carbocycles. The number of nitrogens with two attached hydrogens (primary N) is 1. The quantitative estimate of drug-likeness (QED) is 0.695. The number of carbonyl (C=O) groups excluding carboxylic acids is 1. The van der Waals surface area contributed by atoms with E-state index in [1.54, 1.807) is 25.1 Å². The standard InChI is InChI=1S/C12H11ClN2O3S/c1-7-4-11(16)15(18-7)12(17)6-19-10-5-8(14)2-3-9(10)13/h2-5H,6,14H2,1H3. The Morgan fingerprint density at radius 2 is 2.21 bits per heavy atom. The van der Waals surface area contributed by atoms with Gasteiger partial charge in [0.25, 0.3) is 11.5 Å². The molecule has 0 aliphatic rings. The van der Waals surface area contributed by atoms with Crippen LogP contribution in [0.5, 0.6) is 0 Å². The minimum Gasteiger partial charge on any atom is -0.399 e. The maximum absolute atomic E-state index is 11.8. The van der Waals surface area contributed by atoms with E-state index in [1.807, 2.05) is 0 Å². The van der Waals surface area contributed by atoms with Crippen molar-refractivity contribution < 1.29 is 9.32 Å². The summed E-state index contributed by atoms with van der Waals surface area (Å²) in [4.78, 5) is 23.9. The Morgan fingerprint density at radius 1 is 1.47 bits per heavy atom. The zero-order valence-corrected chi connectivity index (χ0v) is 11.6. The number of hydrogen-bond acceptors (Lipinski definition) is 5. The highest BCUT2D eigenvalue weighted by atomic mass is 35.5. The van der Waals surface area contributed by atoms with Crippen LogP contribution in [-0.4, -0.2) is 16.4 Å². The highest BCUT2D eigenvalue weighted by molar-refractivity contribution is 8.00. The van der Waals surface area contributed by atoms with Crippen LogP contribution >= 0.6 is 23.4 Å². The fourth-order valence-corrected chi connectivity index (χ4v) is 2.55. The van der Waals surface area contributed by atoms with Gasteiger partial charge in [-0.3, -0.25) is 9.59 Å². The predicted octanol–water partition coefficient (Wildman–Crippen LogP) is 2.42. The van der Waals surface area contributed by atoms with Crippen molar-refractivity contribution in [1.29, 1.82) is 0 Å². The van der Waals surface area contributed by atoms with Gasteiger partial charge in [0.1, 0.15) is 5.76 Å². The first kappa shape index (κ1) is 13.8. The number of nitrogens with zero attached hydrogens (tertiary/aromatic N) is 1. The van der Waals surface area contributed by atoms with Crippen LogP contribution in [0.25, 0.3) is 0 Å². The number of hydrogen-bond donors (Lipinski definition) is 1. The minimum atomic E-state index is -0.471. The van der Waals surface area contributed by atoms with E-state index in [1.165, 1.54) is 17.8 Å². The van der Waals surface area contributed by atoms with E-state index in [-0.39, 0.29) is 5.75 Å². The molecule has 2 aromatic rings. The molecular weight excluding hydrogens is 288 g/mol. The first-order valence-electron chi connectivity index (χ1n) is 5.38. The lowest BCUT2D eigenvalue weighted by Crippen LogP contribution is -2.23. The lowest BCUT2D eigenvalue weighted by Gasteiger charge is -2.04. The van der Waals surface area contributed by atoms with Gasteiger partial charge < -0.3 is 10.3 Å². The van der Waals surface area contributed by atoms with Crippen LogP contribution < -0.4 is 11.3 Å². The molecule has 0 radical (unpaired) electrons. The maximum atomic E-state index is 11.8. The topological polar surface area (TPSA) is 78.2 Å². The molecule has 0 bridgehead atoms. The second-order valence-corrected chi connectivity index (χ2v) is 5.28. The molecule has 0 saturated heterocycles. The molecule has 0 fully saturated rings. The molecule has 0 spiro atoms. The number of nitrogen functional groups attached to an aromatic ring is 1. The Hall–Kier alpha value is -1.66. The van der Waals surface area contributed by atoms with Crippen LogP contribution in [0.4, 0.5) is 5.69 Å². The molecule has 0 saturated carbocycles. The summed E-state index contributed by atoms with van der Waals surface area (Å²) in [7, 11) is 0. The molecule has 1 aromatic heterocycles. The summed E-state index contributed by atoms with van der Waals surface area (Å²) in [6.07, 6.45) is 0. The summed E-state index contributed by atoms with van der Waals surface area (Å²) < 4.78 is 5.74. The number of aromatic nitrogens is 1. The van der Waals surface area contributed by atoms with Crippen molar-refractivity contribution in [3.63, 3.8) is 0 Å². The van der Waals surface area contributed by atoms with E-state index >= 15 is 0 Å². The molecule has 1 heterocycles. The van der Waals surface area contributed by atoms with Gasteiger partial charge in [-0.1, -0.05) is 11.6 Å². The Kier molecular flexibility index (Phi) is 4.01. The first-order valence-corrected chi connectivity index (χ1v) is 6.75. The summed E-state index contributed by atoms with van der Waals surface area (Å²) in [5.74, 6) is -0.0114. The number of carbonyl (C=O) groups is 1. The SMILES string of the molecule is Cc1cc(=O)n(C(=O)CSc2cc(N)ccc2Cl)o1. The predicted molar refractivity (Wildman–Crippen MR) is 74.9 cm³/mol. The third kappa shape index (κ3) is 3.21. The highest BCUT2D eigenvalue weighted by Crippen LogP contribution is 2.28. The number of aryl methyl sites for hydroxylation is 1. The lowest BCUT2D eigenvalue weighted by molar-refractivity contribution is 0.0813. The molecule has 0 atom stereocenters. The van der Waals surface area contributed by atoms with E-state index in [9.17, 15) is 9.59 Å². The third-order valence-corrected chi connectivity index (χ3v) is 3.78. The van der Waals surface area contributed by atoms with Gasteiger partial charge in [-0.05, 0) is 25.1 Å². The second-order valence-electron chi connectivity index (χ2n) is 3.85. The highest BCUT2D eigenvalue weighted by Gasteiger charge is 2.13. The molecule has 0 amide bonds. The van der Waals surface area contributed by atoms with Gasteiger partial charge >= 0.3 is 0 Å². The molecule has 2 rings (SSSR count). The molecule has 5 nitrogen and oxygen atoms in total. The van der Waals surface area contributed by atoms with E-state index < -0.39 is 11.5 Å². The van der Waals surface area contributed by atoms with Gasteiger partial charge in [0.05, 0.1) is 10.8 Å². The Bertz CT molecular complexity index is 678. The van der Waals surface area contributed by atoms with Gasteiger partial charge in [-0.15, -0.1) is 16.5 Å². The van der Waals surface area contributed by atoms with Crippen molar-refractivity contribution in [2.24, 2.45) is 0 Å². The Labute approximate surface area is 118 Å². The molecule has 2 N–H and O–H groups in total. The number of thioether (sulfide) groups is 1. The largest absolute Gasteiger partial charge is 0.399 e. The van der Waals surface area contributed by atoms with Gasteiger partial charge in [-0.25, -0.2) is 0 Å².